The smallest absolute Gasteiger partial charge is 0.257 e. The molecule has 0 aromatic heterocycles. The lowest BCUT2D eigenvalue weighted by Crippen LogP contribution is -2.45. The van der Waals surface area contributed by atoms with Crippen LogP contribution in [0.3, 0.4) is 0 Å². The van der Waals surface area contributed by atoms with Gasteiger partial charge < -0.3 is 9.64 Å². The number of carbonyl (C=O) groups is 3. The predicted octanol–water partition coefficient (Wildman–Crippen LogP) is 3.30. The molecule has 156 valence electrons. The van der Waals surface area contributed by atoms with Crippen molar-refractivity contribution in [2.75, 3.05) is 11.5 Å². The van der Waals surface area contributed by atoms with E-state index >= 15 is 0 Å². The molecule has 0 bridgehead atoms. The average molecular weight is 410 g/mol. The van der Waals surface area contributed by atoms with Crippen LogP contribution in [-0.4, -0.2) is 35.3 Å². The summed E-state index contributed by atoms with van der Waals surface area (Å²) >= 11 is 0. The number of hydrogen-bond acceptors (Lipinski definition) is 4. The number of carbonyl (C=O) groups excluding carboxylic acids is 3. The van der Waals surface area contributed by atoms with Crippen LogP contribution in [-0.2, 0) is 20.9 Å². The zero-order chi connectivity index (χ0) is 21.3. The SMILES string of the molecule is CCOc1ccc(N2C(=O)CC(N(Cc3ccc(F)cc3)C(=O)C3CC3)C2=O)cc1. The van der Waals surface area contributed by atoms with Crippen LogP contribution >= 0.6 is 0 Å². The largest absolute Gasteiger partial charge is 0.494 e. The third-order valence-corrected chi connectivity index (χ3v) is 5.38. The second-order valence-electron chi connectivity index (χ2n) is 7.58. The van der Waals surface area contributed by atoms with Gasteiger partial charge in [0.2, 0.25) is 11.8 Å². The Bertz CT molecular complexity index is 954. The molecule has 1 unspecified atom stereocenters. The Morgan fingerprint density at radius 2 is 1.77 bits per heavy atom. The van der Waals surface area contributed by atoms with E-state index in [0.29, 0.717) is 23.6 Å². The molecule has 0 radical (unpaired) electrons. The molecule has 4 rings (SSSR count). The van der Waals surface area contributed by atoms with E-state index < -0.39 is 11.9 Å². The van der Waals surface area contributed by atoms with Gasteiger partial charge in [-0.15, -0.1) is 0 Å². The van der Waals surface area contributed by atoms with Gasteiger partial charge in [-0.25, -0.2) is 9.29 Å². The van der Waals surface area contributed by atoms with Crippen LogP contribution in [0.2, 0.25) is 0 Å². The van der Waals surface area contributed by atoms with Crippen molar-refractivity contribution >= 4 is 23.4 Å². The number of anilines is 1. The minimum atomic E-state index is -0.859. The summed E-state index contributed by atoms with van der Waals surface area (Å²) < 4.78 is 18.7. The van der Waals surface area contributed by atoms with E-state index in [1.54, 1.807) is 36.4 Å². The highest BCUT2D eigenvalue weighted by Gasteiger charge is 2.46. The zero-order valence-electron chi connectivity index (χ0n) is 16.7. The molecule has 1 atom stereocenters. The molecule has 0 spiro atoms. The highest BCUT2D eigenvalue weighted by atomic mass is 19.1. The van der Waals surface area contributed by atoms with Gasteiger partial charge >= 0.3 is 0 Å². The van der Waals surface area contributed by atoms with E-state index in [2.05, 4.69) is 0 Å². The molecule has 1 saturated carbocycles. The summed E-state index contributed by atoms with van der Waals surface area (Å²) in [6, 6.07) is 11.7. The maximum absolute atomic E-state index is 13.3. The summed E-state index contributed by atoms with van der Waals surface area (Å²) in [6.45, 7) is 2.56. The fourth-order valence-electron chi connectivity index (χ4n) is 3.68. The Kier molecular flexibility index (Phi) is 5.53. The Balaban J connectivity index is 1.58. The van der Waals surface area contributed by atoms with Crippen LogP contribution < -0.4 is 9.64 Å². The van der Waals surface area contributed by atoms with E-state index in [0.717, 1.165) is 17.7 Å². The summed E-state index contributed by atoms with van der Waals surface area (Å²) in [5.41, 5.74) is 1.17. The minimum absolute atomic E-state index is 0.0638. The Morgan fingerprint density at radius 1 is 1.10 bits per heavy atom. The molecular formula is C23H23FN2O4. The lowest BCUT2D eigenvalue weighted by Gasteiger charge is -2.28. The van der Waals surface area contributed by atoms with Gasteiger partial charge in [-0.3, -0.25) is 14.4 Å². The van der Waals surface area contributed by atoms with Crippen molar-refractivity contribution in [3.8, 4) is 5.75 Å². The van der Waals surface area contributed by atoms with E-state index in [4.69, 9.17) is 4.74 Å². The fourth-order valence-corrected chi connectivity index (χ4v) is 3.68. The first kappa shape index (κ1) is 20.1. The minimum Gasteiger partial charge on any atom is -0.494 e. The Hall–Kier alpha value is -3.22. The highest BCUT2D eigenvalue weighted by molar-refractivity contribution is 6.23. The van der Waals surface area contributed by atoms with Crippen LogP contribution in [0.15, 0.2) is 48.5 Å². The van der Waals surface area contributed by atoms with Crippen LogP contribution in [0.4, 0.5) is 10.1 Å². The number of halogens is 1. The fraction of sp³-hybridized carbons (Fsp3) is 0.348. The molecule has 1 heterocycles. The molecule has 2 aromatic carbocycles. The molecule has 7 heteroatoms. The van der Waals surface area contributed by atoms with Gasteiger partial charge in [0.25, 0.3) is 5.91 Å². The average Bonchev–Trinajstić information content (AvgIpc) is 3.54. The van der Waals surface area contributed by atoms with Crippen LogP contribution in [0.5, 0.6) is 5.75 Å². The van der Waals surface area contributed by atoms with Gasteiger partial charge in [0.1, 0.15) is 17.6 Å². The number of ether oxygens (including phenoxy) is 1. The van der Waals surface area contributed by atoms with Gasteiger partial charge in [0.15, 0.2) is 0 Å². The van der Waals surface area contributed by atoms with Gasteiger partial charge in [-0.1, -0.05) is 12.1 Å². The number of rotatable bonds is 7. The van der Waals surface area contributed by atoms with E-state index in [-0.39, 0.29) is 36.5 Å². The third kappa shape index (κ3) is 4.06. The maximum atomic E-state index is 13.3. The number of amides is 3. The predicted molar refractivity (Wildman–Crippen MR) is 108 cm³/mol. The summed E-state index contributed by atoms with van der Waals surface area (Å²) in [4.78, 5) is 41.4. The van der Waals surface area contributed by atoms with Crippen molar-refractivity contribution in [2.24, 2.45) is 5.92 Å². The molecule has 2 aliphatic rings. The van der Waals surface area contributed by atoms with Crippen LogP contribution in [0, 0.1) is 11.7 Å². The Labute approximate surface area is 174 Å². The second-order valence-corrected chi connectivity index (χ2v) is 7.58. The first-order chi connectivity index (χ1) is 14.5. The molecule has 2 aromatic rings. The summed E-state index contributed by atoms with van der Waals surface area (Å²) in [6.07, 6.45) is 1.51. The standard InChI is InChI=1S/C23H23FN2O4/c1-2-30-19-11-9-18(10-12-19)26-21(27)13-20(23(26)29)25(22(28)16-5-6-16)14-15-3-7-17(24)8-4-15/h3-4,7-12,16,20H,2,5-6,13-14H2,1H3. The van der Waals surface area contributed by atoms with Crippen molar-refractivity contribution < 1.29 is 23.5 Å². The van der Waals surface area contributed by atoms with Gasteiger partial charge in [0, 0.05) is 12.5 Å². The first-order valence-electron chi connectivity index (χ1n) is 10.1. The maximum Gasteiger partial charge on any atom is 0.257 e. The van der Waals surface area contributed by atoms with Gasteiger partial charge in [0.05, 0.1) is 18.7 Å². The van der Waals surface area contributed by atoms with Crippen LogP contribution in [0.25, 0.3) is 0 Å². The normalized spacial score (nSPS) is 18.6. The number of imide groups is 1. The monoisotopic (exact) mass is 410 g/mol. The highest BCUT2D eigenvalue weighted by Crippen LogP contribution is 2.35. The molecule has 2 fully saturated rings. The van der Waals surface area contributed by atoms with E-state index in [9.17, 15) is 18.8 Å². The van der Waals surface area contributed by atoms with Crippen molar-refractivity contribution in [2.45, 2.75) is 38.8 Å². The first-order valence-corrected chi connectivity index (χ1v) is 10.1. The summed E-state index contributed by atoms with van der Waals surface area (Å²) in [5, 5.41) is 0. The number of benzene rings is 2. The molecule has 1 aliphatic carbocycles. The zero-order valence-corrected chi connectivity index (χ0v) is 16.7. The van der Waals surface area contributed by atoms with Crippen molar-refractivity contribution in [1.82, 2.24) is 4.90 Å². The van der Waals surface area contributed by atoms with Gasteiger partial charge in [-0.05, 0) is 61.7 Å². The lowest BCUT2D eigenvalue weighted by molar-refractivity contribution is -0.140. The van der Waals surface area contributed by atoms with E-state index in [1.807, 2.05) is 6.92 Å². The van der Waals surface area contributed by atoms with Crippen molar-refractivity contribution in [3.05, 3.63) is 59.9 Å². The van der Waals surface area contributed by atoms with Crippen molar-refractivity contribution in [3.63, 3.8) is 0 Å². The third-order valence-electron chi connectivity index (χ3n) is 5.38. The van der Waals surface area contributed by atoms with Crippen molar-refractivity contribution in [1.29, 1.82) is 0 Å². The molecule has 0 N–H and O–H groups in total. The van der Waals surface area contributed by atoms with E-state index in [1.165, 1.54) is 17.0 Å². The second kappa shape index (κ2) is 8.26. The molecule has 1 saturated heterocycles. The summed E-state index contributed by atoms with van der Waals surface area (Å²) in [7, 11) is 0. The molecule has 30 heavy (non-hydrogen) atoms. The lowest BCUT2D eigenvalue weighted by atomic mass is 10.1. The molecule has 1 aliphatic heterocycles. The van der Waals surface area contributed by atoms with Crippen LogP contribution in [0.1, 0.15) is 31.7 Å². The Morgan fingerprint density at radius 3 is 2.37 bits per heavy atom. The topological polar surface area (TPSA) is 66.9 Å². The molecule has 3 amide bonds. The molecule has 6 nitrogen and oxygen atoms in total. The summed E-state index contributed by atoms with van der Waals surface area (Å²) in [5.74, 6) is -0.708. The number of nitrogens with zero attached hydrogens (tertiary/aromatic N) is 2. The molecular weight excluding hydrogens is 387 g/mol. The van der Waals surface area contributed by atoms with Gasteiger partial charge in [-0.2, -0.15) is 0 Å². The number of hydrogen-bond donors (Lipinski definition) is 0. The quantitative estimate of drug-likeness (QED) is 0.657.